The molecule has 2 heteroatoms. The average molecular weight is 210 g/mol. The predicted molar refractivity (Wildman–Crippen MR) is 60.4 cm³/mol. The lowest BCUT2D eigenvalue weighted by Gasteiger charge is -2.13. The number of hydrogen-bond donors (Lipinski definition) is 1. The van der Waals surface area contributed by atoms with Crippen molar-refractivity contribution in [2.75, 3.05) is 6.54 Å². The Morgan fingerprint density at radius 2 is 2.21 bits per heavy atom. The normalized spacial score (nSPS) is 18.1. The first-order chi connectivity index (χ1) is 6.79. The van der Waals surface area contributed by atoms with E-state index in [2.05, 4.69) is 6.07 Å². The second kappa shape index (κ2) is 4.33. The fraction of sp³-hybridized carbons (Fsp3) is 0.500. The van der Waals surface area contributed by atoms with Gasteiger partial charge in [-0.2, -0.15) is 0 Å². The van der Waals surface area contributed by atoms with Gasteiger partial charge in [-0.3, -0.25) is 0 Å². The Morgan fingerprint density at radius 1 is 1.43 bits per heavy atom. The van der Waals surface area contributed by atoms with Gasteiger partial charge < -0.3 is 5.73 Å². The van der Waals surface area contributed by atoms with Crippen molar-refractivity contribution < 1.29 is 0 Å². The highest BCUT2D eigenvalue weighted by Crippen LogP contribution is 2.38. The van der Waals surface area contributed by atoms with Crippen LogP contribution in [-0.2, 0) is 6.42 Å². The molecule has 0 amide bonds. The van der Waals surface area contributed by atoms with E-state index in [1.54, 1.807) is 0 Å². The molecule has 0 aliphatic heterocycles. The Balaban J connectivity index is 2.01. The van der Waals surface area contributed by atoms with Crippen LogP contribution < -0.4 is 5.73 Å². The zero-order chi connectivity index (χ0) is 9.97. The quantitative estimate of drug-likeness (QED) is 0.811. The molecule has 0 saturated heterocycles. The topological polar surface area (TPSA) is 26.0 Å². The minimum absolute atomic E-state index is 0.661. The third kappa shape index (κ3) is 2.49. The smallest absolute Gasteiger partial charge is 0.0408 e. The highest BCUT2D eigenvalue weighted by atomic mass is 35.5. The summed E-state index contributed by atoms with van der Waals surface area (Å²) in [4.78, 5) is 0. The highest BCUT2D eigenvalue weighted by molar-refractivity contribution is 6.30. The third-order valence-electron chi connectivity index (χ3n) is 2.98. The molecule has 0 bridgehead atoms. The summed E-state index contributed by atoms with van der Waals surface area (Å²) in [7, 11) is 0. The molecule has 1 aromatic rings. The van der Waals surface area contributed by atoms with Crippen LogP contribution in [0.1, 0.15) is 18.4 Å². The van der Waals surface area contributed by atoms with E-state index in [9.17, 15) is 0 Å². The standard InChI is InChI=1S/C12H16ClN/c13-12-3-1-2-9(7-12)6-11(8-14)10-4-5-10/h1-3,7,10-11H,4-6,8,14H2. The Labute approximate surface area is 90.3 Å². The number of benzene rings is 1. The van der Waals surface area contributed by atoms with Gasteiger partial charge in [0.1, 0.15) is 0 Å². The summed E-state index contributed by atoms with van der Waals surface area (Å²) < 4.78 is 0. The van der Waals surface area contributed by atoms with E-state index >= 15 is 0 Å². The Bertz CT molecular complexity index is 307. The first-order valence-corrected chi connectivity index (χ1v) is 5.62. The minimum Gasteiger partial charge on any atom is -0.330 e. The molecule has 1 nitrogen and oxygen atoms in total. The van der Waals surface area contributed by atoms with Gasteiger partial charge in [-0.25, -0.2) is 0 Å². The molecular formula is C12H16ClN. The first-order valence-electron chi connectivity index (χ1n) is 5.24. The SMILES string of the molecule is NCC(Cc1cccc(Cl)c1)C1CC1. The largest absolute Gasteiger partial charge is 0.330 e. The number of halogens is 1. The molecule has 1 saturated carbocycles. The van der Waals surface area contributed by atoms with E-state index in [0.29, 0.717) is 5.92 Å². The Kier molecular flexibility index (Phi) is 3.09. The zero-order valence-corrected chi connectivity index (χ0v) is 9.00. The van der Waals surface area contributed by atoms with Crippen LogP contribution in [-0.4, -0.2) is 6.54 Å². The van der Waals surface area contributed by atoms with Crippen LogP contribution in [0.3, 0.4) is 0 Å². The van der Waals surface area contributed by atoms with E-state index in [1.807, 2.05) is 18.2 Å². The van der Waals surface area contributed by atoms with Gasteiger partial charge >= 0.3 is 0 Å². The van der Waals surface area contributed by atoms with Crippen molar-refractivity contribution in [1.29, 1.82) is 0 Å². The first kappa shape index (κ1) is 10.0. The molecule has 1 fully saturated rings. The predicted octanol–water partition coefficient (Wildman–Crippen LogP) is 2.87. The van der Waals surface area contributed by atoms with Gasteiger partial charge in [0.25, 0.3) is 0 Å². The third-order valence-corrected chi connectivity index (χ3v) is 3.21. The van der Waals surface area contributed by atoms with E-state index in [0.717, 1.165) is 23.9 Å². The summed E-state index contributed by atoms with van der Waals surface area (Å²) in [6, 6.07) is 8.11. The lowest BCUT2D eigenvalue weighted by molar-refractivity contribution is 0.471. The molecule has 14 heavy (non-hydrogen) atoms. The molecule has 1 aliphatic rings. The maximum atomic E-state index is 5.94. The second-order valence-corrected chi connectivity index (χ2v) is 4.60. The molecule has 76 valence electrons. The molecule has 0 aromatic heterocycles. The fourth-order valence-corrected chi connectivity index (χ4v) is 2.19. The van der Waals surface area contributed by atoms with Crippen molar-refractivity contribution >= 4 is 11.6 Å². The van der Waals surface area contributed by atoms with Crippen LogP contribution >= 0.6 is 11.6 Å². The maximum absolute atomic E-state index is 5.94. The van der Waals surface area contributed by atoms with Crippen molar-refractivity contribution in [3.8, 4) is 0 Å². The number of nitrogens with two attached hydrogens (primary N) is 1. The summed E-state index contributed by atoms with van der Waals surface area (Å²) in [6.45, 7) is 0.803. The lowest BCUT2D eigenvalue weighted by atomic mass is 9.95. The lowest BCUT2D eigenvalue weighted by Crippen LogP contribution is -2.18. The summed E-state index contributed by atoms with van der Waals surface area (Å²) >= 11 is 5.94. The van der Waals surface area contributed by atoms with Gasteiger partial charge in [-0.05, 0) is 55.3 Å². The molecule has 2 N–H and O–H groups in total. The summed E-state index contributed by atoms with van der Waals surface area (Å²) in [5, 5.41) is 0.828. The minimum atomic E-state index is 0.661. The Morgan fingerprint density at radius 3 is 2.79 bits per heavy atom. The van der Waals surface area contributed by atoms with Crippen molar-refractivity contribution in [1.82, 2.24) is 0 Å². The highest BCUT2D eigenvalue weighted by Gasteiger charge is 2.29. The van der Waals surface area contributed by atoms with Gasteiger partial charge in [0.15, 0.2) is 0 Å². The van der Waals surface area contributed by atoms with Crippen LogP contribution in [0.5, 0.6) is 0 Å². The number of rotatable bonds is 4. The molecule has 1 aliphatic carbocycles. The molecule has 2 rings (SSSR count). The van der Waals surface area contributed by atoms with Crippen molar-refractivity contribution in [2.45, 2.75) is 19.3 Å². The van der Waals surface area contributed by atoms with Crippen LogP contribution in [0.15, 0.2) is 24.3 Å². The van der Waals surface area contributed by atoms with E-state index < -0.39 is 0 Å². The maximum Gasteiger partial charge on any atom is 0.0408 e. The van der Waals surface area contributed by atoms with Gasteiger partial charge in [-0.15, -0.1) is 0 Å². The van der Waals surface area contributed by atoms with E-state index in [1.165, 1.54) is 18.4 Å². The van der Waals surface area contributed by atoms with E-state index in [4.69, 9.17) is 17.3 Å². The van der Waals surface area contributed by atoms with Crippen LogP contribution in [0.25, 0.3) is 0 Å². The van der Waals surface area contributed by atoms with Gasteiger partial charge in [0, 0.05) is 5.02 Å². The molecule has 0 spiro atoms. The summed E-state index contributed by atoms with van der Waals surface area (Å²) in [6.07, 6.45) is 3.81. The van der Waals surface area contributed by atoms with Crippen molar-refractivity contribution in [3.63, 3.8) is 0 Å². The van der Waals surface area contributed by atoms with Gasteiger partial charge in [-0.1, -0.05) is 23.7 Å². The van der Waals surface area contributed by atoms with E-state index in [-0.39, 0.29) is 0 Å². The molecule has 1 unspecified atom stereocenters. The molecule has 0 radical (unpaired) electrons. The summed E-state index contributed by atoms with van der Waals surface area (Å²) in [5.41, 5.74) is 7.09. The molecule has 1 aromatic carbocycles. The van der Waals surface area contributed by atoms with Crippen molar-refractivity contribution in [2.24, 2.45) is 17.6 Å². The van der Waals surface area contributed by atoms with Crippen LogP contribution in [0.2, 0.25) is 5.02 Å². The fourth-order valence-electron chi connectivity index (χ4n) is 1.98. The second-order valence-electron chi connectivity index (χ2n) is 4.17. The van der Waals surface area contributed by atoms with Gasteiger partial charge in [0.05, 0.1) is 0 Å². The molecule has 0 heterocycles. The molecule has 1 atom stereocenters. The average Bonchev–Trinajstić information content (AvgIpc) is 2.97. The van der Waals surface area contributed by atoms with Crippen LogP contribution in [0.4, 0.5) is 0 Å². The Hall–Kier alpha value is -0.530. The zero-order valence-electron chi connectivity index (χ0n) is 8.25. The summed E-state index contributed by atoms with van der Waals surface area (Å²) in [5.74, 6) is 1.53. The van der Waals surface area contributed by atoms with Crippen LogP contribution in [0, 0.1) is 11.8 Å². The number of hydrogen-bond acceptors (Lipinski definition) is 1. The molecular weight excluding hydrogens is 194 g/mol. The van der Waals surface area contributed by atoms with Crippen molar-refractivity contribution in [3.05, 3.63) is 34.9 Å². The van der Waals surface area contributed by atoms with Gasteiger partial charge in [0.2, 0.25) is 0 Å². The monoisotopic (exact) mass is 209 g/mol.